The van der Waals surface area contributed by atoms with Crippen LogP contribution in [-0.4, -0.2) is 58.6 Å². The Labute approximate surface area is 147 Å². The molecule has 0 amide bonds. The highest BCUT2D eigenvalue weighted by molar-refractivity contribution is 5.79. The van der Waals surface area contributed by atoms with Gasteiger partial charge in [-0.1, -0.05) is 12.1 Å². The van der Waals surface area contributed by atoms with Gasteiger partial charge in [0.05, 0.1) is 17.7 Å². The molecule has 2 aliphatic rings. The van der Waals surface area contributed by atoms with Crippen LogP contribution in [0.3, 0.4) is 0 Å². The third-order valence-corrected chi connectivity index (χ3v) is 5.15. The number of allylic oxidation sites excluding steroid dienone is 1. The summed E-state index contributed by atoms with van der Waals surface area (Å²) in [5.41, 5.74) is 2.43. The SMILES string of the molecule is N#CC(=C1CCN([C@@H](O)N2CCC(O)CC2)CC1)c1ccc(F)cc1. The lowest BCUT2D eigenvalue weighted by Crippen LogP contribution is -2.53. The molecule has 0 aromatic heterocycles. The van der Waals surface area contributed by atoms with Crippen molar-refractivity contribution < 1.29 is 14.6 Å². The van der Waals surface area contributed by atoms with E-state index in [1.807, 2.05) is 9.80 Å². The molecule has 2 saturated heterocycles. The minimum Gasteiger partial charge on any atom is -0.393 e. The number of rotatable bonds is 3. The van der Waals surface area contributed by atoms with Gasteiger partial charge >= 0.3 is 0 Å². The van der Waals surface area contributed by atoms with Crippen LogP contribution in [0.15, 0.2) is 29.8 Å². The Balaban J connectivity index is 1.64. The molecule has 0 saturated carbocycles. The number of nitriles is 1. The summed E-state index contributed by atoms with van der Waals surface area (Å²) >= 11 is 0. The second-order valence-corrected chi connectivity index (χ2v) is 6.75. The number of aliphatic hydroxyl groups excluding tert-OH is 2. The van der Waals surface area contributed by atoms with Crippen LogP contribution in [0, 0.1) is 17.1 Å². The van der Waals surface area contributed by atoms with E-state index in [2.05, 4.69) is 6.07 Å². The highest BCUT2D eigenvalue weighted by Gasteiger charge is 2.29. The number of nitrogens with zero attached hydrogens (tertiary/aromatic N) is 3. The lowest BCUT2D eigenvalue weighted by molar-refractivity contribution is -0.129. The molecule has 25 heavy (non-hydrogen) atoms. The summed E-state index contributed by atoms with van der Waals surface area (Å²) in [7, 11) is 0. The van der Waals surface area contributed by atoms with Crippen LogP contribution in [0.1, 0.15) is 31.2 Å². The van der Waals surface area contributed by atoms with Crippen LogP contribution in [-0.2, 0) is 0 Å². The maximum atomic E-state index is 13.1. The number of hydrogen-bond donors (Lipinski definition) is 2. The fraction of sp³-hybridized carbons (Fsp3) is 0.526. The third-order valence-electron chi connectivity index (χ3n) is 5.15. The maximum Gasteiger partial charge on any atom is 0.165 e. The Morgan fingerprint density at radius 2 is 1.64 bits per heavy atom. The number of hydrogen-bond acceptors (Lipinski definition) is 5. The Bertz CT molecular complexity index is 650. The van der Waals surface area contributed by atoms with E-state index in [-0.39, 0.29) is 11.9 Å². The molecule has 2 heterocycles. The van der Waals surface area contributed by atoms with Crippen LogP contribution in [0.25, 0.3) is 5.57 Å². The summed E-state index contributed by atoms with van der Waals surface area (Å²) in [6, 6.07) is 8.28. The summed E-state index contributed by atoms with van der Waals surface area (Å²) in [6.45, 7) is 2.75. The van der Waals surface area contributed by atoms with Crippen molar-refractivity contribution in [2.75, 3.05) is 26.2 Å². The van der Waals surface area contributed by atoms with Crippen molar-refractivity contribution in [3.63, 3.8) is 0 Å². The van der Waals surface area contributed by atoms with Crippen LogP contribution in [0.2, 0.25) is 0 Å². The van der Waals surface area contributed by atoms with Gasteiger partial charge in [0, 0.05) is 26.2 Å². The molecule has 1 aromatic rings. The van der Waals surface area contributed by atoms with Crippen LogP contribution in [0.5, 0.6) is 0 Å². The monoisotopic (exact) mass is 345 g/mol. The first kappa shape index (κ1) is 18.0. The molecule has 1 aromatic carbocycles. The summed E-state index contributed by atoms with van der Waals surface area (Å²) in [6.07, 6.45) is 1.93. The number of halogens is 1. The zero-order valence-electron chi connectivity index (χ0n) is 14.2. The van der Waals surface area contributed by atoms with E-state index >= 15 is 0 Å². The summed E-state index contributed by atoms with van der Waals surface area (Å²) in [5, 5.41) is 29.7. The Hall–Kier alpha value is -1.78. The Kier molecular flexibility index (Phi) is 5.82. The number of likely N-dealkylation sites (tertiary alicyclic amines) is 2. The second-order valence-electron chi connectivity index (χ2n) is 6.75. The lowest BCUT2D eigenvalue weighted by atomic mass is 9.94. The molecule has 0 spiro atoms. The van der Waals surface area contributed by atoms with Gasteiger partial charge in [0.2, 0.25) is 0 Å². The minimum atomic E-state index is -0.634. The second kappa shape index (κ2) is 8.07. The summed E-state index contributed by atoms with van der Waals surface area (Å²) in [5.74, 6) is -0.310. The predicted molar refractivity (Wildman–Crippen MR) is 92.6 cm³/mol. The van der Waals surface area contributed by atoms with E-state index in [4.69, 9.17) is 0 Å². The molecule has 0 unspecified atom stereocenters. The Morgan fingerprint density at radius 3 is 2.20 bits per heavy atom. The molecule has 0 aliphatic carbocycles. The Morgan fingerprint density at radius 1 is 1.08 bits per heavy atom. The number of piperidine rings is 2. The van der Waals surface area contributed by atoms with E-state index in [1.54, 1.807) is 12.1 Å². The van der Waals surface area contributed by atoms with Crippen molar-refractivity contribution >= 4 is 5.57 Å². The van der Waals surface area contributed by atoms with E-state index in [0.29, 0.717) is 57.4 Å². The van der Waals surface area contributed by atoms with Crippen molar-refractivity contribution in [3.05, 3.63) is 41.2 Å². The van der Waals surface area contributed by atoms with Gasteiger partial charge in [-0.15, -0.1) is 0 Å². The molecule has 2 fully saturated rings. The van der Waals surface area contributed by atoms with Crippen molar-refractivity contribution in [3.8, 4) is 6.07 Å². The van der Waals surface area contributed by atoms with Gasteiger partial charge in [-0.25, -0.2) is 4.39 Å². The minimum absolute atomic E-state index is 0.256. The first-order chi connectivity index (χ1) is 12.1. The highest BCUT2D eigenvalue weighted by Crippen LogP contribution is 2.28. The van der Waals surface area contributed by atoms with E-state index in [9.17, 15) is 19.9 Å². The molecule has 5 nitrogen and oxygen atoms in total. The highest BCUT2D eigenvalue weighted by atomic mass is 19.1. The van der Waals surface area contributed by atoms with Gasteiger partial charge in [-0.2, -0.15) is 5.26 Å². The topological polar surface area (TPSA) is 70.7 Å². The van der Waals surface area contributed by atoms with Crippen LogP contribution >= 0.6 is 0 Å². The number of aliphatic hydroxyl groups is 2. The molecule has 6 heteroatoms. The van der Waals surface area contributed by atoms with Crippen molar-refractivity contribution in [1.82, 2.24) is 9.80 Å². The quantitative estimate of drug-likeness (QED) is 0.819. The smallest absolute Gasteiger partial charge is 0.165 e. The lowest BCUT2D eigenvalue weighted by Gasteiger charge is -2.41. The molecular formula is C19H24FN3O2. The standard InChI is InChI=1S/C19H24FN3O2/c20-16-3-1-14(2-4-16)18(13-21)15-5-9-22(10-6-15)19(25)23-11-7-17(24)8-12-23/h1-4,17,19,24-25H,5-12H2/t19-/m1/s1. The zero-order chi connectivity index (χ0) is 17.8. The van der Waals surface area contributed by atoms with Gasteiger partial charge in [-0.3, -0.25) is 9.80 Å². The molecular weight excluding hydrogens is 321 g/mol. The molecule has 2 aliphatic heterocycles. The summed E-state index contributed by atoms with van der Waals surface area (Å²) < 4.78 is 13.1. The molecule has 1 atom stereocenters. The van der Waals surface area contributed by atoms with Crippen molar-refractivity contribution in [2.45, 2.75) is 38.1 Å². The zero-order valence-corrected chi connectivity index (χ0v) is 14.2. The summed E-state index contributed by atoms with van der Waals surface area (Å²) in [4.78, 5) is 4.01. The van der Waals surface area contributed by atoms with Gasteiger partial charge in [0.25, 0.3) is 0 Å². The maximum absolute atomic E-state index is 13.1. The molecule has 0 radical (unpaired) electrons. The molecule has 0 bridgehead atoms. The average Bonchev–Trinajstić information content (AvgIpc) is 2.64. The molecule has 2 N–H and O–H groups in total. The van der Waals surface area contributed by atoms with Crippen LogP contribution < -0.4 is 0 Å². The third kappa shape index (κ3) is 4.25. The van der Waals surface area contributed by atoms with Gasteiger partial charge in [0.15, 0.2) is 6.35 Å². The first-order valence-corrected chi connectivity index (χ1v) is 8.81. The number of benzene rings is 1. The first-order valence-electron chi connectivity index (χ1n) is 8.81. The fourth-order valence-corrected chi connectivity index (χ4v) is 3.59. The van der Waals surface area contributed by atoms with E-state index in [1.165, 1.54) is 12.1 Å². The van der Waals surface area contributed by atoms with Crippen molar-refractivity contribution in [2.24, 2.45) is 0 Å². The average molecular weight is 345 g/mol. The predicted octanol–water partition coefficient (Wildman–Crippen LogP) is 1.93. The largest absolute Gasteiger partial charge is 0.393 e. The van der Waals surface area contributed by atoms with Gasteiger partial charge in [0.1, 0.15) is 5.82 Å². The van der Waals surface area contributed by atoms with E-state index < -0.39 is 6.35 Å². The van der Waals surface area contributed by atoms with Crippen LogP contribution in [0.4, 0.5) is 4.39 Å². The van der Waals surface area contributed by atoms with Gasteiger partial charge < -0.3 is 10.2 Å². The molecule has 134 valence electrons. The van der Waals surface area contributed by atoms with E-state index in [0.717, 1.165) is 11.1 Å². The molecule has 3 rings (SSSR count). The normalized spacial score (nSPS) is 21.8. The van der Waals surface area contributed by atoms with Gasteiger partial charge in [-0.05, 0) is 49.0 Å². The van der Waals surface area contributed by atoms with Crippen molar-refractivity contribution in [1.29, 1.82) is 5.26 Å². The fourth-order valence-electron chi connectivity index (χ4n) is 3.59.